The maximum Gasteiger partial charge on any atom is 0.258 e. The van der Waals surface area contributed by atoms with Crippen LogP contribution in [0.5, 0.6) is 5.75 Å². The highest BCUT2D eigenvalue weighted by Crippen LogP contribution is 2.30. The van der Waals surface area contributed by atoms with E-state index in [9.17, 15) is 4.79 Å². The Morgan fingerprint density at radius 1 is 1.39 bits per heavy atom. The van der Waals surface area contributed by atoms with E-state index in [0.717, 1.165) is 29.5 Å². The summed E-state index contributed by atoms with van der Waals surface area (Å²) in [6.07, 6.45) is 0. The second kappa shape index (κ2) is 6.93. The number of benzene rings is 1. The fourth-order valence-corrected chi connectivity index (χ4v) is 2.84. The fourth-order valence-electron chi connectivity index (χ4n) is 2.41. The molecule has 3 rings (SSSR count). The third-order valence-electron chi connectivity index (χ3n) is 3.55. The minimum absolute atomic E-state index is 0.236. The van der Waals surface area contributed by atoms with E-state index in [2.05, 4.69) is 19.6 Å². The first-order valence-corrected chi connectivity index (χ1v) is 8.07. The summed E-state index contributed by atoms with van der Waals surface area (Å²) >= 11 is 1.26. The number of hydrogen-bond acceptors (Lipinski definition) is 7. The van der Waals surface area contributed by atoms with Crippen molar-refractivity contribution in [1.82, 2.24) is 9.36 Å². The number of carbonyl (C=O) groups is 1. The molecule has 23 heavy (non-hydrogen) atoms. The van der Waals surface area contributed by atoms with Crippen LogP contribution in [0.3, 0.4) is 0 Å². The number of amides is 1. The van der Waals surface area contributed by atoms with Gasteiger partial charge in [-0.1, -0.05) is 0 Å². The summed E-state index contributed by atoms with van der Waals surface area (Å²) in [5.74, 6) is 0.840. The monoisotopic (exact) mass is 334 g/mol. The van der Waals surface area contributed by atoms with Gasteiger partial charge in [-0.05, 0) is 36.7 Å². The maximum atomic E-state index is 12.4. The molecule has 2 aromatic rings. The second-order valence-electron chi connectivity index (χ2n) is 5.08. The van der Waals surface area contributed by atoms with Gasteiger partial charge in [0.25, 0.3) is 5.91 Å². The predicted octanol–water partition coefficient (Wildman–Crippen LogP) is 1.94. The van der Waals surface area contributed by atoms with Crippen LogP contribution < -0.4 is 15.0 Å². The summed E-state index contributed by atoms with van der Waals surface area (Å²) in [4.78, 5) is 18.7. The summed E-state index contributed by atoms with van der Waals surface area (Å²) in [5, 5.41) is 3.52. The average molecular weight is 334 g/mol. The van der Waals surface area contributed by atoms with E-state index in [4.69, 9.17) is 9.47 Å². The number of methoxy groups -OCH3 is 1. The lowest BCUT2D eigenvalue weighted by Crippen LogP contribution is -2.36. The molecule has 0 unspecified atom stereocenters. The molecule has 2 heterocycles. The van der Waals surface area contributed by atoms with Crippen molar-refractivity contribution in [3.8, 4) is 5.75 Å². The largest absolute Gasteiger partial charge is 0.495 e. The molecule has 1 fully saturated rings. The Kier molecular flexibility index (Phi) is 4.73. The molecule has 0 aliphatic carbocycles. The van der Waals surface area contributed by atoms with Gasteiger partial charge in [0.05, 0.1) is 26.0 Å². The molecule has 1 aliphatic heterocycles. The third kappa shape index (κ3) is 3.59. The summed E-state index contributed by atoms with van der Waals surface area (Å²) in [5.41, 5.74) is 1.44. The van der Waals surface area contributed by atoms with Gasteiger partial charge < -0.3 is 14.4 Å². The van der Waals surface area contributed by atoms with E-state index >= 15 is 0 Å². The zero-order valence-corrected chi connectivity index (χ0v) is 13.9. The molecule has 0 saturated carbocycles. The van der Waals surface area contributed by atoms with Gasteiger partial charge in [-0.25, -0.2) is 4.98 Å². The second-order valence-corrected chi connectivity index (χ2v) is 6.03. The standard InChI is InChI=1S/C15H18N4O3S/c1-10-16-15(18-23-10)17-14(20)11-3-4-13(21-2)12(9-11)19-5-7-22-8-6-19/h3-4,9H,5-8H2,1-2H3,(H,17,18,20). The van der Waals surface area contributed by atoms with Gasteiger partial charge in [-0.3, -0.25) is 10.1 Å². The Bertz CT molecular complexity index is 698. The van der Waals surface area contributed by atoms with Gasteiger partial charge >= 0.3 is 0 Å². The summed E-state index contributed by atoms with van der Waals surface area (Å²) in [6, 6.07) is 5.37. The van der Waals surface area contributed by atoms with Crippen LogP contribution in [0.4, 0.5) is 11.6 Å². The highest BCUT2D eigenvalue weighted by atomic mass is 32.1. The number of nitrogens with one attached hydrogen (secondary N) is 1. The summed E-state index contributed by atoms with van der Waals surface area (Å²) in [7, 11) is 1.63. The summed E-state index contributed by atoms with van der Waals surface area (Å²) < 4.78 is 14.9. The Morgan fingerprint density at radius 2 is 2.17 bits per heavy atom. The van der Waals surface area contributed by atoms with Gasteiger partial charge in [-0.15, -0.1) is 0 Å². The van der Waals surface area contributed by atoms with Crippen LogP contribution in [-0.4, -0.2) is 48.7 Å². The van der Waals surface area contributed by atoms with Crippen molar-refractivity contribution in [3.63, 3.8) is 0 Å². The minimum Gasteiger partial charge on any atom is -0.495 e. The Labute approximate surface area is 138 Å². The predicted molar refractivity (Wildman–Crippen MR) is 88.6 cm³/mol. The van der Waals surface area contributed by atoms with Crippen LogP contribution in [0.1, 0.15) is 15.4 Å². The van der Waals surface area contributed by atoms with Crippen molar-refractivity contribution in [1.29, 1.82) is 0 Å². The molecular weight excluding hydrogens is 316 g/mol. The number of anilines is 2. The van der Waals surface area contributed by atoms with Crippen LogP contribution in [0.15, 0.2) is 18.2 Å². The number of aryl methyl sites for hydroxylation is 1. The van der Waals surface area contributed by atoms with Crippen molar-refractivity contribution in [2.75, 3.05) is 43.6 Å². The van der Waals surface area contributed by atoms with Crippen LogP contribution in [0, 0.1) is 6.92 Å². The SMILES string of the molecule is COc1ccc(C(=O)Nc2nsc(C)n2)cc1N1CCOCC1. The van der Waals surface area contributed by atoms with E-state index in [1.165, 1.54) is 11.5 Å². The Hall–Kier alpha value is -2.19. The first-order valence-electron chi connectivity index (χ1n) is 7.30. The molecule has 1 saturated heterocycles. The van der Waals surface area contributed by atoms with Gasteiger partial charge in [-0.2, -0.15) is 4.37 Å². The van der Waals surface area contributed by atoms with Gasteiger partial charge in [0.15, 0.2) is 0 Å². The fraction of sp³-hybridized carbons (Fsp3) is 0.400. The van der Waals surface area contributed by atoms with E-state index in [1.807, 2.05) is 13.0 Å². The minimum atomic E-state index is -0.236. The zero-order valence-electron chi connectivity index (χ0n) is 13.0. The third-order valence-corrected chi connectivity index (χ3v) is 4.17. The molecule has 7 nitrogen and oxygen atoms in total. The maximum absolute atomic E-state index is 12.4. The number of morpholine rings is 1. The molecule has 1 aromatic heterocycles. The van der Waals surface area contributed by atoms with E-state index in [0.29, 0.717) is 24.7 Å². The highest BCUT2D eigenvalue weighted by Gasteiger charge is 2.18. The number of rotatable bonds is 4. The molecule has 1 amide bonds. The first-order chi connectivity index (χ1) is 11.2. The Balaban J connectivity index is 1.83. The van der Waals surface area contributed by atoms with Gasteiger partial charge in [0.2, 0.25) is 5.95 Å². The van der Waals surface area contributed by atoms with Crippen molar-refractivity contribution in [2.24, 2.45) is 0 Å². The molecule has 0 bridgehead atoms. The number of ether oxygens (including phenoxy) is 2. The summed E-state index contributed by atoms with van der Waals surface area (Å²) in [6.45, 7) is 4.73. The molecule has 0 radical (unpaired) electrons. The zero-order chi connectivity index (χ0) is 16.2. The molecule has 0 atom stereocenters. The van der Waals surface area contributed by atoms with E-state index in [1.54, 1.807) is 19.2 Å². The molecule has 8 heteroatoms. The highest BCUT2D eigenvalue weighted by molar-refractivity contribution is 7.05. The number of nitrogens with zero attached hydrogens (tertiary/aromatic N) is 3. The van der Waals surface area contributed by atoms with Crippen LogP contribution in [-0.2, 0) is 4.74 Å². The van der Waals surface area contributed by atoms with Crippen molar-refractivity contribution < 1.29 is 14.3 Å². The lowest BCUT2D eigenvalue weighted by molar-refractivity contribution is 0.102. The normalized spacial score (nSPS) is 14.6. The Morgan fingerprint density at radius 3 is 2.83 bits per heavy atom. The molecule has 1 N–H and O–H groups in total. The van der Waals surface area contributed by atoms with Crippen molar-refractivity contribution in [3.05, 3.63) is 28.8 Å². The lowest BCUT2D eigenvalue weighted by Gasteiger charge is -2.30. The van der Waals surface area contributed by atoms with Crippen LogP contribution in [0.25, 0.3) is 0 Å². The number of carbonyl (C=O) groups excluding carboxylic acids is 1. The van der Waals surface area contributed by atoms with Gasteiger partial charge in [0, 0.05) is 18.7 Å². The molecule has 0 spiro atoms. The smallest absolute Gasteiger partial charge is 0.258 e. The first kappa shape index (κ1) is 15.7. The number of hydrogen-bond donors (Lipinski definition) is 1. The topological polar surface area (TPSA) is 76.6 Å². The van der Waals surface area contributed by atoms with Crippen molar-refractivity contribution in [2.45, 2.75) is 6.92 Å². The molecule has 1 aromatic carbocycles. The number of aromatic nitrogens is 2. The van der Waals surface area contributed by atoms with Crippen molar-refractivity contribution >= 4 is 29.1 Å². The molecule has 122 valence electrons. The average Bonchev–Trinajstić information content (AvgIpc) is 3.00. The van der Waals surface area contributed by atoms with E-state index in [-0.39, 0.29) is 5.91 Å². The quantitative estimate of drug-likeness (QED) is 0.921. The van der Waals surface area contributed by atoms with Gasteiger partial charge in [0.1, 0.15) is 10.8 Å². The lowest BCUT2D eigenvalue weighted by atomic mass is 10.1. The molecule has 1 aliphatic rings. The van der Waals surface area contributed by atoms with Crippen LogP contribution >= 0.6 is 11.5 Å². The van der Waals surface area contributed by atoms with Crippen LogP contribution in [0.2, 0.25) is 0 Å². The van der Waals surface area contributed by atoms with E-state index < -0.39 is 0 Å². The molecular formula is C15H18N4O3S.